The third kappa shape index (κ3) is 2.90. The second kappa shape index (κ2) is 6.92. The number of urea groups is 1. The molecule has 12 nitrogen and oxygen atoms in total. The van der Waals surface area contributed by atoms with Crippen LogP contribution in [0.3, 0.4) is 0 Å². The molecule has 4 amide bonds. The zero-order valence-corrected chi connectivity index (χ0v) is 14.3. The van der Waals surface area contributed by atoms with E-state index in [1.807, 2.05) is 0 Å². The average Bonchev–Trinajstić information content (AvgIpc) is 2.80. The zero-order chi connectivity index (χ0) is 19.8. The second-order valence-corrected chi connectivity index (χ2v) is 5.51. The van der Waals surface area contributed by atoms with Gasteiger partial charge in [-0.3, -0.25) is 33.2 Å². The Labute approximate surface area is 146 Å². The fourth-order valence-electron chi connectivity index (χ4n) is 2.41. The second-order valence-electron chi connectivity index (χ2n) is 5.51. The summed E-state index contributed by atoms with van der Waals surface area (Å²) in [5.74, 6) is -3.66. The zero-order valence-electron chi connectivity index (χ0n) is 14.3. The van der Waals surface area contributed by atoms with Crippen LogP contribution in [0.2, 0.25) is 0 Å². The number of hydrogen-bond donors (Lipinski definition) is 1. The van der Waals surface area contributed by atoms with Gasteiger partial charge in [-0.05, 0) is 0 Å². The van der Waals surface area contributed by atoms with Gasteiger partial charge in [0.2, 0.25) is 0 Å². The normalized spacial score (nSPS) is 14.5. The molecule has 0 aliphatic carbocycles. The van der Waals surface area contributed by atoms with Gasteiger partial charge in [0.05, 0.1) is 19.7 Å². The van der Waals surface area contributed by atoms with Crippen LogP contribution in [0.25, 0.3) is 0 Å². The Balaban J connectivity index is 2.36. The maximum atomic E-state index is 12.5. The lowest BCUT2D eigenvalue weighted by atomic mass is 10.2. The number of imide groups is 2. The molecule has 2 rings (SSSR count). The van der Waals surface area contributed by atoms with Crippen molar-refractivity contribution >= 4 is 29.4 Å². The summed E-state index contributed by atoms with van der Waals surface area (Å²) in [5, 5.41) is 0. The third-order valence-electron chi connectivity index (χ3n) is 3.94. The lowest BCUT2D eigenvalue weighted by Gasteiger charge is -2.15. The number of aromatic nitrogens is 2. The average molecular weight is 367 g/mol. The topological polar surface area (TPSA) is 154 Å². The van der Waals surface area contributed by atoms with E-state index in [0.29, 0.717) is 14.4 Å². The van der Waals surface area contributed by atoms with E-state index in [9.17, 15) is 28.8 Å². The van der Waals surface area contributed by atoms with Gasteiger partial charge in [0, 0.05) is 21.2 Å². The molecule has 0 saturated carbocycles. The lowest BCUT2D eigenvalue weighted by Crippen LogP contribution is -2.44. The quantitative estimate of drug-likeness (QED) is 0.323. The molecule has 2 heterocycles. The van der Waals surface area contributed by atoms with Crippen molar-refractivity contribution in [3.8, 4) is 0 Å². The van der Waals surface area contributed by atoms with Gasteiger partial charge < -0.3 is 10.5 Å². The smallest absolute Gasteiger partial charge is 0.334 e. The number of methoxy groups -OCH3 is 1. The predicted molar refractivity (Wildman–Crippen MR) is 86.4 cm³/mol. The number of ether oxygens (including phenoxy) is 1. The summed E-state index contributed by atoms with van der Waals surface area (Å²) in [4.78, 5) is 73.5. The summed E-state index contributed by atoms with van der Waals surface area (Å²) in [6.07, 6.45) is 0. The van der Waals surface area contributed by atoms with Crippen LogP contribution in [-0.2, 0) is 28.4 Å². The van der Waals surface area contributed by atoms with E-state index in [2.05, 4.69) is 0 Å². The number of nitrogens with two attached hydrogens (primary N) is 1. The first-order valence-corrected chi connectivity index (χ1v) is 7.38. The maximum Gasteiger partial charge on any atom is 0.334 e. The summed E-state index contributed by atoms with van der Waals surface area (Å²) in [6.45, 7) is -1.00. The van der Waals surface area contributed by atoms with Crippen molar-refractivity contribution in [2.24, 2.45) is 14.1 Å². The summed E-state index contributed by atoms with van der Waals surface area (Å²) in [5.41, 5.74) is 3.42. The Morgan fingerprint density at radius 1 is 1.00 bits per heavy atom. The minimum Gasteiger partial charge on any atom is -0.384 e. The highest BCUT2D eigenvalue weighted by atomic mass is 16.5. The Morgan fingerprint density at radius 3 is 2.15 bits per heavy atom. The number of amides is 4. The number of carbonyl (C=O) groups excluding carboxylic acids is 4. The van der Waals surface area contributed by atoms with E-state index >= 15 is 0 Å². The van der Waals surface area contributed by atoms with Gasteiger partial charge in [0.1, 0.15) is 11.4 Å². The van der Waals surface area contributed by atoms with Crippen molar-refractivity contribution < 1.29 is 23.9 Å². The minimum atomic E-state index is -1.19. The van der Waals surface area contributed by atoms with Crippen LogP contribution >= 0.6 is 0 Å². The van der Waals surface area contributed by atoms with Gasteiger partial charge in [-0.25, -0.2) is 14.5 Å². The van der Waals surface area contributed by atoms with E-state index in [4.69, 9.17) is 10.5 Å². The molecule has 0 bridgehead atoms. The van der Waals surface area contributed by atoms with Crippen LogP contribution < -0.4 is 17.0 Å². The predicted octanol–water partition coefficient (Wildman–Crippen LogP) is -2.71. The molecule has 1 aromatic rings. The lowest BCUT2D eigenvalue weighted by molar-refractivity contribution is -0.143. The number of rotatable bonds is 6. The number of nitrogen functional groups attached to an aromatic ring is 1. The SMILES string of the molecule is COCCN1C(=O)C(=O)N(CC(=O)c2c(N)n(C)c(=O)n(C)c2=O)C1=O. The van der Waals surface area contributed by atoms with Crippen molar-refractivity contribution in [1.29, 1.82) is 0 Å². The van der Waals surface area contributed by atoms with Gasteiger partial charge >= 0.3 is 23.5 Å². The fourth-order valence-corrected chi connectivity index (χ4v) is 2.41. The molecule has 1 aliphatic heterocycles. The van der Waals surface area contributed by atoms with Gasteiger partial charge in [-0.15, -0.1) is 0 Å². The van der Waals surface area contributed by atoms with Crippen LogP contribution in [0.1, 0.15) is 10.4 Å². The van der Waals surface area contributed by atoms with Crippen LogP contribution in [0.15, 0.2) is 9.59 Å². The summed E-state index contributed by atoms with van der Waals surface area (Å²) >= 11 is 0. The number of Topliss-reactive ketones (excluding diaryl/α,β-unsaturated/α-hetero) is 1. The van der Waals surface area contributed by atoms with Gasteiger partial charge in [0.25, 0.3) is 5.56 Å². The number of anilines is 1. The molecule has 1 aromatic heterocycles. The van der Waals surface area contributed by atoms with E-state index in [1.165, 1.54) is 14.2 Å². The summed E-state index contributed by atoms with van der Waals surface area (Å²) < 4.78 is 6.32. The first-order valence-electron chi connectivity index (χ1n) is 7.38. The molecule has 0 radical (unpaired) electrons. The van der Waals surface area contributed by atoms with Crippen molar-refractivity contribution in [3.05, 3.63) is 26.4 Å². The molecule has 2 N–H and O–H groups in total. The van der Waals surface area contributed by atoms with Crippen LogP contribution in [-0.4, -0.2) is 69.4 Å². The third-order valence-corrected chi connectivity index (χ3v) is 3.94. The van der Waals surface area contributed by atoms with Gasteiger partial charge in [0.15, 0.2) is 5.78 Å². The Kier molecular flexibility index (Phi) is 5.07. The van der Waals surface area contributed by atoms with Crippen LogP contribution in [0.4, 0.5) is 10.6 Å². The van der Waals surface area contributed by atoms with Crippen LogP contribution in [0.5, 0.6) is 0 Å². The molecule has 0 aromatic carbocycles. The highest BCUT2D eigenvalue weighted by Gasteiger charge is 2.45. The summed E-state index contributed by atoms with van der Waals surface area (Å²) in [6, 6.07) is -0.995. The van der Waals surface area contributed by atoms with E-state index in [0.717, 1.165) is 11.6 Å². The number of ketones is 1. The van der Waals surface area contributed by atoms with Gasteiger partial charge in [-0.2, -0.15) is 0 Å². The fraction of sp³-hybridized carbons (Fsp3) is 0.429. The number of nitrogens with zero attached hydrogens (tertiary/aromatic N) is 4. The molecule has 1 saturated heterocycles. The summed E-state index contributed by atoms with van der Waals surface area (Å²) in [7, 11) is 3.77. The maximum absolute atomic E-state index is 12.5. The molecule has 1 fully saturated rings. The highest BCUT2D eigenvalue weighted by Crippen LogP contribution is 2.14. The first kappa shape index (κ1) is 19.1. The van der Waals surface area contributed by atoms with Gasteiger partial charge in [-0.1, -0.05) is 0 Å². The Morgan fingerprint density at radius 2 is 1.58 bits per heavy atom. The molecular formula is C14H17N5O7. The Hall–Kier alpha value is -3.28. The van der Waals surface area contributed by atoms with Crippen molar-refractivity contribution in [2.45, 2.75) is 0 Å². The molecule has 12 heteroatoms. The van der Waals surface area contributed by atoms with Crippen molar-refractivity contribution in [3.63, 3.8) is 0 Å². The number of hydrogen-bond acceptors (Lipinski definition) is 8. The van der Waals surface area contributed by atoms with Crippen molar-refractivity contribution in [1.82, 2.24) is 18.9 Å². The molecular weight excluding hydrogens is 350 g/mol. The molecule has 0 unspecified atom stereocenters. The highest BCUT2D eigenvalue weighted by molar-refractivity contribution is 6.45. The molecule has 140 valence electrons. The van der Waals surface area contributed by atoms with E-state index < -0.39 is 52.8 Å². The van der Waals surface area contributed by atoms with E-state index in [-0.39, 0.29) is 13.2 Å². The van der Waals surface area contributed by atoms with Crippen LogP contribution in [0, 0.1) is 0 Å². The standard InChI is InChI=1S/C14H17N5O7/c1-16-9(15)8(10(21)17(2)13(16)24)7(20)6-19-12(23)11(22)18(14(19)25)4-5-26-3/h4-6,15H2,1-3H3. The molecule has 0 spiro atoms. The minimum absolute atomic E-state index is 0.0147. The molecule has 0 atom stereocenters. The number of carbonyl (C=O) groups is 4. The first-order chi connectivity index (χ1) is 12.1. The monoisotopic (exact) mass is 367 g/mol. The molecule has 26 heavy (non-hydrogen) atoms. The van der Waals surface area contributed by atoms with Crippen molar-refractivity contribution in [2.75, 3.05) is 32.5 Å². The van der Waals surface area contributed by atoms with E-state index in [1.54, 1.807) is 0 Å². The largest absolute Gasteiger partial charge is 0.384 e. The molecule has 1 aliphatic rings. The Bertz CT molecular complexity index is 929.